The third-order valence-corrected chi connectivity index (χ3v) is 3.37. The van der Waals surface area contributed by atoms with Crippen LogP contribution in [0.15, 0.2) is 24.3 Å². The van der Waals surface area contributed by atoms with Gasteiger partial charge in [0.15, 0.2) is 0 Å². The summed E-state index contributed by atoms with van der Waals surface area (Å²) in [4.78, 5) is 0. The van der Waals surface area contributed by atoms with E-state index in [0.29, 0.717) is 17.6 Å². The van der Waals surface area contributed by atoms with Crippen molar-refractivity contribution >= 4 is 11.6 Å². The molecule has 3 nitrogen and oxygen atoms in total. The third-order valence-electron chi connectivity index (χ3n) is 3.02. The lowest BCUT2D eigenvalue weighted by Gasteiger charge is -2.24. The van der Waals surface area contributed by atoms with Gasteiger partial charge in [-0.3, -0.25) is 0 Å². The first kappa shape index (κ1) is 12.8. The van der Waals surface area contributed by atoms with Gasteiger partial charge in [-0.2, -0.15) is 0 Å². The van der Waals surface area contributed by atoms with E-state index < -0.39 is 6.10 Å². The molecule has 1 saturated heterocycles. The van der Waals surface area contributed by atoms with Gasteiger partial charge in [-0.1, -0.05) is 29.8 Å². The van der Waals surface area contributed by atoms with Crippen molar-refractivity contribution in [3.63, 3.8) is 0 Å². The second kappa shape index (κ2) is 6.36. The Balaban J connectivity index is 1.84. The Kier molecular flexibility index (Phi) is 4.80. The van der Waals surface area contributed by atoms with Crippen molar-refractivity contribution in [3.05, 3.63) is 34.9 Å². The molecule has 2 atom stereocenters. The number of nitrogens with one attached hydrogen (secondary N) is 1. The Morgan fingerprint density at radius 2 is 2.29 bits per heavy atom. The molecule has 1 aromatic carbocycles. The summed E-state index contributed by atoms with van der Waals surface area (Å²) in [5, 5.41) is 14.0. The van der Waals surface area contributed by atoms with E-state index >= 15 is 0 Å². The van der Waals surface area contributed by atoms with Crippen molar-refractivity contribution in [2.45, 2.75) is 25.0 Å². The Labute approximate surface area is 107 Å². The molecule has 1 aromatic rings. The molecule has 1 aliphatic heterocycles. The zero-order valence-corrected chi connectivity index (χ0v) is 10.5. The predicted octanol–water partition coefficient (Wildman–Crippen LogP) is 2.14. The smallest absolute Gasteiger partial charge is 0.0928 e. The fourth-order valence-electron chi connectivity index (χ4n) is 2.04. The van der Waals surface area contributed by atoms with E-state index in [0.717, 1.165) is 31.6 Å². The van der Waals surface area contributed by atoms with Gasteiger partial charge >= 0.3 is 0 Å². The molecule has 0 amide bonds. The molecular formula is C13H18ClNO2. The highest BCUT2D eigenvalue weighted by Gasteiger charge is 2.16. The van der Waals surface area contributed by atoms with Crippen LogP contribution >= 0.6 is 11.6 Å². The van der Waals surface area contributed by atoms with E-state index in [1.54, 1.807) is 6.07 Å². The van der Waals surface area contributed by atoms with E-state index in [2.05, 4.69) is 5.32 Å². The summed E-state index contributed by atoms with van der Waals surface area (Å²) in [6, 6.07) is 7.74. The highest BCUT2D eigenvalue weighted by atomic mass is 35.5. The zero-order valence-electron chi connectivity index (χ0n) is 9.73. The quantitative estimate of drug-likeness (QED) is 0.866. The van der Waals surface area contributed by atoms with E-state index in [9.17, 15) is 5.11 Å². The van der Waals surface area contributed by atoms with Crippen molar-refractivity contribution in [3.8, 4) is 0 Å². The van der Waals surface area contributed by atoms with Gasteiger partial charge in [0.1, 0.15) is 0 Å². The standard InChI is InChI=1S/C13H18ClNO2/c14-12-6-2-1-5-11(12)13(16)8-15-10-4-3-7-17-9-10/h1-2,5-6,10,13,15-16H,3-4,7-9H2. The van der Waals surface area contributed by atoms with E-state index in [4.69, 9.17) is 16.3 Å². The van der Waals surface area contributed by atoms with Crippen molar-refractivity contribution in [2.24, 2.45) is 0 Å². The minimum atomic E-state index is -0.564. The number of aliphatic hydroxyl groups excluding tert-OH is 1. The third kappa shape index (κ3) is 3.68. The molecule has 0 aliphatic carbocycles. The molecule has 2 N–H and O–H groups in total. The van der Waals surface area contributed by atoms with Crippen LogP contribution in [0, 0.1) is 0 Å². The first-order valence-corrected chi connectivity index (χ1v) is 6.39. The number of hydrogen-bond donors (Lipinski definition) is 2. The summed E-state index contributed by atoms with van der Waals surface area (Å²) in [7, 11) is 0. The average Bonchev–Trinajstić information content (AvgIpc) is 2.38. The molecule has 0 spiro atoms. The highest BCUT2D eigenvalue weighted by molar-refractivity contribution is 6.31. The van der Waals surface area contributed by atoms with Gasteiger partial charge in [0.25, 0.3) is 0 Å². The van der Waals surface area contributed by atoms with Crippen LogP contribution in [0.1, 0.15) is 24.5 Å². The largest absolute Gasteiger partial charge is 0.387 e. The van der Waals surface area contributed by atoms with E-state index in [1.807, 2.05) is 18.2 Å². The number of aliphatic hydroxyl groups is 1. The lowest BCUT2D eigenvalue weighted by molar-refractivity contribution is 0.0639. The maximum Gasteiger partial charge on any atom is 0.0928 e. The molecule has 2 rings (SSSR count). The molecular weight excluding hydrogens is 238 g/mol. The lowest BCUT2D eigenvalue weighted by Crippen LogP contribution is -2.39. The highest BCUT2D eigenvalue weighted by Crippen LogP contribution is 2.22. The van der Waals surface area contributed by atoms with Crippen LogP contribution in [-0.2, 0) is 4.74 Å². The normalized spacial score (nSPS) is 22.4. The van der Waals surface area contributed by atoms with Crippen LogP contribution in [0.4, 0.5) is 0 Å². The molecule has 4 heteroatoms. The summed E-state index contributed by atoms with van der Waals surface area (Å²) in [5.41, 5.74) is 0.776. The minimum Gasteiger partial charge on any atom is -0.387 e. The maximum absolute atomic E-state index is 10.0. The lowest BCUT2D eigenvalue weighted by atomic mass is 10.1. The van der Waals surface area contributed by atoms with Gasteiger partial charge in [0, 0.05) is 29.8 Å². The number of rotatable bonds is 4. The summed E-state index contributed by atoms with van der Waals surface area (Å²) < 4.78 is 5.37. The van der Waals surface area contributed by atoms with Crippen LogP contribution < -0.4 is 5.32 Å². The summed E-state index contributed by atoms with van der Waals surface area (Å²) >= 11 is 6.03. The molecule has 0 aromatic heterocycles. The Morgan fingerprint density at radius 1 is 1.47 bits per heavy atom. The molecule has 1 fully saturated rings. The molecule has 94 valence electrons. The summed E-state index contributed by atoms with van der Waals surface area (Å²) in [6.07, 6.45) is 1.63. The Hall–Kier alpha value is -0.610. The first-order chi connectivity index (χ1) is 8.27. The fraction of sp³-hybridized carbons (Fsp3) is 0.538. The van der Waals surface area contributed by atoms with Gasteiger partial charge in [-0.15, -0.1) is 0 Å². The van der Waals surface area contributed by atoms with Gasteiger partial charge in [0.2, 0.25) is 0 Å². The average molecular weight is 256 g/mol. The van der Waals surface area contributed by atoms with Crippen molar-refractivity contribution in [1.29, 1.82) is 0 Å². The zero-order chi connectivity index (χ0) is 12.1. The van der Waals surface area contributed by atoms with E-state index in [1.165, 1.54) is 0 Å². The molecule has 0 bridgehead atoms. The molecule has 0 saturated carbocycles. The monoisotopic (exact) mass is 255 g/mol. The van der Waals surface area contributed by atoms with Crippen LogP contribution in [0.25, 0.3) is 0 Å². The molecule has 2 unspecified atom stereocenters. The minimum absolute atomic E-state index is 0.348. The van der Waals surface area contributed by atoms with E-state index in [-0.39, 0.29) is 0 Å². The summed E-state index contributed by atoms with van der Waals surface area (Å²) in [6.45, 7) is 2.10. The number of halogens is 1. The van der Waals surface area contributed by atoms with Crippen LogP contribution in [-0.4, -0.2) is 30.9 Å². The van der Waals surface area contributed by atoms with Crippen LogP contribution in [0.5, 0.6) is 0 Å². The molecule has 1 aliphatic rings. The van der Waals surface area contributed by atoms with Crippen LogP contribution in [0.3, 0.4) is 0 Å². The number of hydrogen-bond acceptors (Lipinski definition) is 3. The van der Waals surface area contributed by atoms with Crippen molar-refractivity contribution in [1.82, 2.24) is 5.32 Å². The van der Waals surface area contributed by atoms with Crippen LogP contribution in [0.2, 0.25) is 5.02 Å². The van der Waals surface area contributed by atoms with Gasteiger partial charge < -0.3 is 15.2 Å². The Bertz CT molecular complexity index is 353. The van der Waals surface area contributed by atoms with Gasteiger partial charge in [-0.25, -0.2) is 0 Å². The second-order valence-corrected chi connectivity index (χ2v) is 4.77. The second-order valence-electron chi connectivity index (χ2n) is 4.36. The SMILES string of the molecule is OC(CNC1CCCOC1)c1ccccc1Cl. The number of benzene rings is 1. The molecule has 17 heavy (non-hydrogen) atoms. The number of ether oxygens (including phenoxy) is 1. The van der Waals surface area contributed by atoms with Gasteiger partial charge in [0.05, 0.1) is 12.7 Å². The fourth-order valence-corrected chi connectivity index (χ4v) is 2.30. The summed E-state index contributed by atoms with van der Waals surface area (Å²) in [5.74, 6) is 0. The molecule has 1 heterocycles. The Morgan fingerprint density at radius 3 is 3.00 bits per heavy atom. The van der Waals surface area contributed by atoms with Crippen molar-refractivity contribution in [2.75, 3.05) is 19.8 Å². The maximum atomic E-state index is 10.0. The van der Waals surface area contributed by atoms with Crippen molar-refractivity contribution < 1.29 is 9.84 Å². The molecule has 0 radical (unpaired) electrons. The first-order valence-electron chi connectivity index (χ1n) is 6.01. The topological polar surface area (TPSA) is 41.5 Å². The predicted molar refractivity (Wildman–Crippen MR) is 68.3 cm³/mol. The van der Waals surface area contributed by atoms with Gasteiger partial charge in [-0.05, 0) is 18.9 Å².